The Balaban J connectivity index is 2.06. The first-order chi connectivity index (χ1) is 20.4. The number of halogens is 2. The van der Waals surface area contributed by atoms with Crippen LogP contribution >= 0.6 is 11.6 Å². The van der Waals surface area contributed by atoms with Crippen LogP contribution in [0.1, 0.15) is 37.7 Å². The molecule has 0 radical (unpaired) electrons. The Kier molecular flexibility index (Phi) is 15.3. The molecule has 43 heavy (non-hydrogen) atoms. The van der Waals surface area contributed by atoms with Crippen LogP contribution in [-0.4, -0.2) is 113 Å². The van der Waals surface area contributed by atoms with Crippen LogP contribution < -0.4 is 10.6 Å². The Labute approximate surface area is 253 Å². The number of carbonyl (C=O) groups is 3. The summed E-state index contributed by atoms with van der Waals surface area (Å²) in [5.74, 6) is -4.02. The molecular formula is C28H38ClFN2O11. The van der Waals surface area contributed by atoms with E-state index in [0.717, 1.165) is 18.9 Å². The van der Waals surface area contributed by atoms with E-state index >= 15 is 0 Å². The topological polar surface area (TPSA) is 204 Å². The minimum atomic E-state index is -2.44. The maximum absolute atomic E-state index is 13.7. The van der Waals surface area contributed by atoms with Crippen LogP contribution in [0.2, 0.25) is 5.02 Å². The Bertz CT molecular complexity index is 1120. The number of ether oxygens (including phenoxy) is 3. The minimum absolute atomic E-state index is 0.0926. The zero-order chi connectivity index (χ0) is 32.0. The fourth-order valence-corrected chi connectivity index (χ4v) is 4.55. The van der Waals surface area contributed by atoms with E-state index in [-0.39, 0.29) is 24.7 Å². The third-order valence-electron chi connectivity index (χ3n) is 6.66. The van der Waals surface area contributed by atoms with Gasteiger partial charge in [-0.1, -0.05) is 36.4 Å². The van der Waals surface area contributed by atoms with E-state index in [1.165, 1.54) is 12.1 Å². The van der Waals surface area contributed by atoms with Crippen molar-refractivity contribution in [1.82, 2.24) is 10.6 Å². The van der Waals surface area contributed by atoms with E-state index in [9.17, 15) is 39.2 Å². The number of carboxylic acids is 1. The average Bonchev–Trinajstić information content (AvgIpc) is 2.97. The van der Waals surface area contributed by atoms with Crippen LogP contribution in [0.5, 0.6) is 0 Å². The number of rotatable bonds is 18. The minimum Gasteiger partial charge on any atom is -0.477 e. The molecular weight excluding hydrogens is 595 g/mol. The molecule has 1 heterocycles. The Morgan fingerprint density at radius 3 is 2.51 bits per heavy atom. The number of unbranched alkanes of at least 4 members (excludes halogenated alkanes) is 3. The number of aliphatic carboxylic acids is 1. The van der Waals surface area contributed by atoms with Gasteiger partial charge < -0.3 is 50.4 Å². The molecule has 15 heteroatoms. The summed E-state index contributed by atoms with van der Waals surface area (Å²) >= 11 is 5.64. The van der Waals surface area contributed by atoms with Crippen molar-refractivity contribution >= 4 is 29.4 Å². The lowest BCUT2D eigenvalue weighted by molar-refractivity contribution is -0.310. The number of carbonyl (C=O) groups excluding carboxylic acids is 2. The van der Waals surface area contributed by atoms with Crippen LogP contribution in [0.3, 0.4) is 0 Å². The molecule has 2 amide bonds. The van der Waals surface area contributed by atoms with E-state index in [4.69, 9.17) is 37.3 Å². The Hall–Kier alpha value is -2.87. The van der Waals surface area contributed by atoms with Crippen LogP contribution in [0, 0.1) is 18.2 Å². The number of aliphatic hydroxyl groups excluding tert-OH is 4. The predicted octanol–water partition coefficient (Wildman–Crippen LogP) is -0.506. The molecule has 1 fully saturated rings. The number of carboxylic acid groups (broad SMARTS) is 1. The van der Waals surface area contributed by atoms with Gasteiger partial charge in [0.15, 0.2) is 0 Å². The van der Waals surface area contributed by atoms with Gasteiger partial charge in [0.25, 0.3) is 5.79 Å². The number of hydrogen-bond acceptors (Lipinski definition) is 10. The van der Waals surface area contributed by atoms with Crippen molar-refractivity contribution < 1.29 is 58.5 Å². The molecule has 0 unspecified atom stereocenters. The summed E-state index contributed by atoms with van der Waals surface area (Å²) in [6.45, 7) is -0.946. The van der Waals surface area contributed by atoms with Crippen LogP contribution in [-0.2, 0) is 35.0 Å². The van der Waals surface area contributed by atoms with Gasteiger partial charge in [-0.3, -0.25) is 9.59 Å². The highest BCUT2D eigenvalue weighted by molar-refractivity contribution is 6.30. The van der Waals surface area contributed by atoms with Gasteiger partial charge >= 0.3 is 5.97 Å². The van der Waals surface area contributed by atoms with Gasteiger partial charge in [-0.25, -0.2) is 9.18 Å². The molecule has 1 aromatic rings. The third-order valence-corrected chi connectivity index (χ3v) is 6.97. The molecule has 0 aromatic heterocycles. The van der Waals surface area contributed by atoms with E-state index in [2.05, 4.69) is 16.6 Å². The maximum Gasteiger partial charge on any atom is 0.364 e. The maximum atomic E-state index is 13.7. The summed E-state index contributed by atoms with van der Waals surface area (Å²) in [7, 11) is 0. The predicted molar refractivity (Wildman–Crippen MR) is 149 cm³/mol. The highest BCUT2D eigenvalue weighted by Gasteiger charge is 2.55. The summed E-state index contributed by atoms with van der Waals surface area (Å²) in [4.78, 5) is 36.5. The molecule has 7 N–H and O–H groups in total. The van der Waals surface area contributed by atoms with Crippen molar-refractivity contribution in [2.75, 3.05) is 33.0 Å². The molecule has 1 saturated heterocycles. The second kappa shape index (κ2) is 18.1. The monoisotopic (exact) mass is 632 g/mol. The van der Waals surface area contributed by atoms with Gasteiger partial charge in [0, 0.05) is 19.6 Å². The third kappa shape index (κ3) is 11.3. The molecule has 1 aliphatic heterocycles. The molecule has 1 aromatic carbocycles. The van der Waals surface area contributed by atoms with Crippen LogP contribution in [0.25, 0.3) is 0 Å². The number of amides is 2. The summed E-state index contributed by atoms with van der Waals surface area (Å²) in [6.07, 6.45) is -0.394. The number of hydrogen-bond donors (Lipinski definition) is 7. The lowest BCUT2D eigenvalue weighted by atomic mass is 9.88. The summed E-state index contributed by atoms with van der Waals surface area (Å²) in [6, 6.07) is 2.32. The number of aliphatic hydroxyl groups is 4. The highest BCUT2D eigenvalue weighted by atomic mass is 35.5. The SMILES string of the molecule is C#CCOCCCCCCO[C@]1(C(=O)O)C[C@H](O)[C@@H](NC(=O)CO)[C@H]([C@H](O)[C@H](O)CNC(=O)Cc2ccc(Cl)c(F)c2)O1. The molecule has 2 rings (SSSR count). The van der Waals surface area contributed by atoms with Crippen LogP contribution in [0.15, 0.2) is 18.2 Å². The van der Waals surface area contributed by atoms with Gasteiger partial charge in [-0.15, -0.1) is 6.42 Å². The summed E-state index contributed by atoms with van der Waals surface area (Å²) in [5.41, 5.74) is 0.292. The number of nitrogens with one attached hydrogen (secondary N) is 2. The molecule has 13 nitrogen and oxygen atoms in total. The number of benzene rings is 1. The van der Waals surface area contributed by atoms with E-state index in [1.54, 1.807) is 0 Å². The zero-order valence-electron chi connectivity index (χ0n) is 23.4. The van der Waals surface area contributed by atoms with Crippen molar-refractivity contribution in [1.29, 1.82) is 0 Å². The first-order valence-electron chi connectivity index (χ1n) is 13.7. The summed E-state index contributed by atoms with van der Waals surface area (Å²) < 4.78 is 30.1. The van der Waals surface area contributed by atoms with Crippen molar-refractivity contribution in [2.45, 2.75) is 74.8 Å². The molecule has 0 spiro atoms. The second-order valence-corrected chi connectivity index (χ2v) is 10.4. The highest BCUT2D eigenvalue weighted by Crippen LogP contribution is 2.34. The van der Waals surface area contributed by atoms with Crippen LogP contribution in [0.4, 0.5) is 4.39 Å². The standard InChI is InChI=1S/C28H38ClFN2O11/c1-2-9-41-10-5-3-4-6-11-42-28(27(39)40)14-20(34)24(32-23(37)16-33)26(43-28)25(38)21(35)15-31-22(36)13-17-7-8-18(29)19(30)12-17/h1,7-8,12,20-21,24-26,33-35,38H,3-6,9-11,13-16H2,(H,31,36)(H,32,37)(H,39,40)/t20-,21+,24+,25+,26+,28+/m0/s1. The van der Waals surface area contributed by atoms with Crippen molar-refractivity contribution in [3.63, 3.8) is 0 Å². The second-order valence-electron chi connectivity index (χ2n) is 9.97. The normalized spacial score (nSPS) is 23.1. The van der Waals surface area contributed by atoms with Gasteiger partial charge in [0.1, 0.15) is 31.2 Å². The van der Waals surface area contributed by atoms with Gasteiger partial charge in [-0.2, -0.15) is 0 Å². The molecule has 1 aliphatic rings. The largest absolute Gasteiger partial charge is 0.477 e. The molecule has 240 valence electrons. The first-order valence-corrected chi connectivity index (χ1v) is 14.0. The Morgan fingerprint density at radius 2 is 1.88 bits per heavy atom. The lowest BCUT2D eigenvalue weighted by Gasteiger charge is -2.46. The fraction of sp³-hybridized carbons (Fsp3) is 0.607. The van der Waals surface area contributed by atoms with Gasteiger partial charge in [0.2, 0.25) is 11.8 Å². The van der Waals surface area contributed by atoms with Crippen molar-refractivity contribution in [3.8, 4) is 12.3 Å². The van der Waals surface area contributed by atoms with Gasteiger partial charge in [0.05, 0.1) is 36.3 Å². The molecule has 0 bridgehead atoms. The van der Waals surface area contributed by atoms with Crippen molar-refractivity contribution in [2.24, 2.45) is 0 Å². The number of terminal acetylenes is 1. The van der Waals surface area contributed by atoms with E-state index < -0.39 is 79.4 Å². The quantitative estimate of drug-likeness (QED) is 0.0811. The Morgan fingerprint density at radius 1 is 1.19 bits per heavy atom. The lowest BCUT2D eigenvalue weighted by Crippen LogP contribution is -2.68. The summed E-state index contributed by atoms with van der Waals surface area (Å²) in [5, 5.41) is 56.0. The average molecular weight is 633 g/mol. The molecule has 6 atom stereocenters. The van der Waals surface area contributed by atoms with E-state index in [1.807, 2.05) is 0 Å². The molecule has 0 saturated carbocycles. The van der Waals surface area contributed by atoms with E-state index in [0.29, 0.717) is 25.0 Å². The zero-order valence-corrected chi connectivity index (χ0v) is 24.2. The smallest absolute Gasteiger partial charge is 0.364 e. The first kappa shape index (κ1) is 36.3. The fourth-order valence-electron chi connectivity index (χ4n) is 4.43. The van der Waals surface area contributed by atoms with Gasteiger partial charge in [-0.05, 0) is 30.5 Å². The molecule has 0 aliphatic carbocycles. The van der Waals surface area contributed by atoms with Crippen molar-refractivity contribution in [3.05, 3.63) is 34.6 Å².